The van der Waals surface area contributed by atoms with E-state index in [1.54, 1.807) is 42.8 Å². The summed E-state index contributed by atoms with van der Waals surface area (Å²) in [6.07, 6.45) is 4.03. The van der Waals surface area contributed by atoms with Gasteiger partial charge in [0.25, 0.3) is 17.0 Å². The van der Waals surface area contributed by atoms with E-state index in [0.29, 0.717) is 54.6 Å². The van der Waals surface area contributed by atoms with Crippen molar-refractivity contribution in [3.8, 4) is 5.82 Å². The number of piperidine rings is 1. The number of aromatic nitrogens is 7. The molecular formula is C37H35F2N9O5. The maximum absolute atomic E-state index is 15.0. The van der Waals surface area contributed by atoms with E-state index in [-0.39, 0.29) is 46.5 Å². The first-order chi connectivity index (χ1) is 25.3. The Labute approximate surface area is 299 Å². The Kier molecular flexibility index (Phi) is 9.07. The van der Waals surface area contributed by atoms with Crippen LogP contribution in [0.4, 0.5) is 14.7 Å². The van der Waals surface area contributed by atoms with Gasteiger partial charge in [0.05, 0.1) is 35.2 Å². The molecule has 0 saturated carbocycles. The van der Waals surface area contributed by atoms with Crippen molar-refractivity contribution in [3.63, 3.8) is 0 Å². The van der Waals surface area contributed by atoms with Crippen molar-refractivity contribution in [1.82, 2.24) is 39.2 Å². The Morgan fingerprint density at radius 1 is 1.06 bits per heavy atom. The lowest BCUT2D eigenvalue weighted by Crippen LogP contribution is -2.45. The molecule has 6 aromatic rings. The number of aromatic amines is 1. The highest BCUT2D eigenvalue weighted by Crippen LogP contribution is 2.24. The second-order valence-corrected chi connectivity index (χ2v) is 13.4. The summed E-state index contributed by atoms with van der Waals surface area (Å²) in [7, 11) is 0. The molecule has 3 N–H and O–H groups in total. The monoisotopic (exact) mass is 723 g/mol. The van der Waals surface area contributed by atoms with E-state index in [1.807, 2.05) is 4.90 Å². The molecule has 0 aliphatic carbocycles. The zero-order chi connectivity index (χ0) is 37.6. The van der Waals surface area contributed by atoms with Crippen LogP contribution < -0.4 is 27.0 Å². The van der Waals surface area contributed by atoms with Gasteiger partial charge >= 0.3 is 5.69 Å². The van der Waals surface area contributed by atoms with Crippen molar-refractivity contribution in [1.29, 1.82) is 0 Å². The van der Waals surface area contributed by atoms with E-state index < -0.39 is 34.4 Å². The molecule has 2 aromatic carbocycles. The molecule has 1 aliphatic rings. The lowest BCUT2D eigenvalue weighted by molar-refractivity contribution is 0.0737. The first-order valence-electron chi connectivity index (χ1n) is 16.9. The smallest absolute Gasteiger partial charge is 0.329 e. The highest BCUT2D eigenvalue weighted by atomic mass is 19.1. The van der Waals surface area contributed by atoms with E-state index in [9.17, 15) is 33.1 Å². The number of allylic oxidation sites excluding steroid dienone is 1. The van der Waals surface area contributed by atoms with Crippen molar-refractivity contribution >= 4 is 33.8 Å². The van der Waals surface area contributed by atoms with Crippen LogP contribution >= 0.6 is 0 Å². The first-order valence-corrected chi connectivity index (χ1v) is 16.9. The maximum Gasteiger partial charge on any atom is 0.329 e. The topological polar surface area (TPSA) is 173 Å². The average Bonchev–Trinajstić information content (AvgIpc) is 3.40. The third-order valence-electron chi connectivity index (χ3n) is 9.25. The Bertz CT molecular complexity index is 2600. The predicted octanol–water partition coefficient (Wildman–Crippen LogP) is 3.12. The highest BCUT2D eigenvalue weighted by Gasteiger charge is 2.26. The van der Waals surface area contributed by atoms with Crippen LogP contribution in [0.2, 0.25) is 0 Å². The Balaban J connectivity index is 1.09. The number of benzene rings is 2. The number of hydrogen-bond acceptors (Lipinski definition) is 9. The summed E-state index contributed by atoms with van der Waals surface area (Å²) in [5.41, 5.74) is -2.20. The summed E-state index contributed by atoms with van der Waals surface area (Å²) < 4.78 is 33.6. The fourth-order valence-electron chi connectivity index (χ4n) is 6.54. The van der Waals surface area contributed by atoms with Gasteiger partial charge in [-0.15, -0.1) is 6.58 Å². The average molecular weight is 724 g/mol. The minimum atomic E-state index is -1.22. The fourth-order valence-corrected chi connectivity index (χ4v) is 6.54. The highest BCUT2D eigenvalue weighted by molar-refractivity contribution is 5.95. The molecule has 4 aromatic heterocycles. The normalized spacial score (nSPS) is 13.9. The maximum atomic E-state index is 15.0. The molecule has 0 atom stereocenters. The summed E-state index contributed by atoms with van der Waals surface area (Å²) in [6, 6.07) is 12.6. The Hall–Kier alpha value is -6.29. The number of hydrogen-bond donors (Lipinski definition) is 3. The number of fused-ring (bicyclic) bond motifs is 2. The molecule has 1 aliphatic heterocycles. The molecule has 53 heavy (non-hydrogen) atoms. The van der Waals surface area contributed by atoms with Gasteiger partial charge in [-0.05, 0) is 68.7 Å². The first kappa shape index (κ1) is 35.1. The van der Waals surface area contributed by atoms with Crippen LogP contribution in [0.25, 0.3) is 27.8 Å². The van der Waals surface area contributed by atoms with E-state index in [4.69, 9.17) is 4.98 Å². The number of rotatable bonds is 9. The molecule has 1 amide bonds. The predicted molar refractivity (Wildman–Crippen MR) is 193 cm³/mol. The van der Waals surface area contributed by atoms with Crippen molar-refractivity contribution in [2.24, 2.45) is 0 Å². The van der Waals surface area contributed by atoms with Crippen LogP contribution in [0, 0.1) is 11.6 Å². The second kappa shape index (κ2) is 13.7. The molecular weight excluding hydrogens is 688 g/mol. The third-order valence-corrected chi connectivity index (χ3v) is 9.25. The van der Waals surface area contributed by atoms with Crippen molar-refractivity contribution < 1.29 is 18.7 Å². The molecule has 16 heteroatoms. The molecule has 0 radical (unpaired) electrons. The summed E-state index contributed by atoms with van der Waals surface area (Å²) >= 11 is 0. The van der Waals surface area contributed by atoms with Gasteiger partial charge in [-0.25, -0.2) is 32.9 Å². The number of pyridine rings is 1. The zero-order valence-electron chi connectivity index (χ0n) is 28.8. The minimum absolute atomic E-state index is 0.0678. The van der Waals surface area contributed by atoms with Crippen LogP contribution in [-0.4, -0.2) is 64.0 Å². The van der Waals surface area contributed by atoms with Crippen LogP contribution in [0.5, 0.6) is 0 Å². The van der Waals surface area contributed by atoms with Crippen LogP contribution in [0.1, 0.15) is 48.3 Å². The fraction of sp³-hybridized carbons (Fsp3) is 0.270. The number of anilines is 1. The van der Waals surface area contributed by atoms with Gasteiger partial charge in [0.15, 0.2) is 11.5 Å². The van der Waals surface area contributed by atoms with E-state index in [2.05, 4.69) is 26.8 Å². The lowest BCUT2D eigenvalue weighted by Gasteiger charge is -2.32. The molecule has 272 valence electrons. The van der Waals surface area contributed by atoms with Gasteiger partial charge in [0.1, 0.15) is 22.6 Å². The summed E-state index contributed by atoms with van der Waals surface area (Å²) in [6.45, 7) is 7.94. The lowest BCUT2D eigenvalue weighted by atomic mass is 10.0. The SMILES string of the molecule is C=CCn1c(=O)c2cnc(N3CCC(NC(=O)c4cc(Cn5c(=O)[nH]c(=O)c6c(F)cccc65)ccc4F)CC3)nc2n1-c1cccc(C(C)(C)O)n1. The number of carbonyl (C=O) groups is 1. The second-order valence-electron chi connectivity index (χ2n) is 13.4. The molecule has 0 spiro atoms. The number of nitrogens with zero attached hydrogens (tertiary/aromatic N) is 7. The van der Waals surface area contributed by atoms with E-state index in [0.717, 1.165) is 16.7 Å². The number of nitrogens with one attached hydrogen (secondary N) is 2. The zero-order valence-corrected chi connectivity index (χ0v) is 28.8. The van der Waals surface area contributed by atoms with Gasteiger partial charge in [-0.1, -0.05) is 24.3 Å². The Morgan fingerprint density at radius 2 is 1.81 bits per heavy atom. The number of H-pyrrole nitrogens is 1. The van der Waals surface area contributed by atoms with Gasteiger partial charge in [0, 0.05) is 25.3 Å². The Morgan fingerprint density at radius 3 is 2.55 bits per heavy atom. The van der Waals surface area contributed by atoms with Gasteiger partial charge in [-0.2, -0.15) is 4.98 Å². The minimum Gasteiger partial charge on any atom is -0.384 e. The van der Waals surface area contributed by atoms with Crippen LogP contribution in [-0.2, 0) is 18.7 Å². The molecule has 14 nitrogen and oxygen atoms in total. The summed E-state index contributed by atoms with van der Waals surface area (Å²) in [4.78, 5) is 69.5. The van der Waals surface area contributed by atoms with Gasteiger partial charge in [0.2, 0.25) is 5.95 Å². The quantitative estimate of drug-likeness (QED) is 0.190. The molecule has 7 rings (SSSR count). The van der Waals surface area contributed by atoms with Crippen LogP contribution in [0.3, 0.4) is 0 Å². The third kappa shape index (κ3) is 6.64. The number of carbonyl (C=O) groups excluding carboxylic acids is 1. The van der Waals surface area contributed by atoms with E-state index in [1.165, 1.54) is 35.1 Å². The number of aliphatic hydroxyl groups is 1. The standard InChI is InChI=1S/C37H35F2N9O5/c1-4-15-47-34(51)24-19-40-35(43-31(24)48(47)29-10-6-9-28(42-29)37(2,3)53)45-16-13-22(14-17-45)41-32(49)23-18-21(11-12-25(23)38)20-46-27-8-5-7-26(39)30(27)33(50)44-36(46)52/h4-12,18-19,22,53H,1,13-17,20H2,2-3H3,(H,41,49)(H,44,50,52). The molecule has 5 heterocycles. The number of amides is 1. The van der Waals surface area contributed by atoms with Crippen molar-refractivity contribution in [2.75, 3.05) is 18.0 Å². The summed E-state index contributed by atoms with van der Waals surface area (Å²) in [5.74, 6) is -1.43. The van der Waals surface area contributed by atoms with Crippen molar-refractivity contribution in [2.45, 2.75) is 51.4 Å². The molecule has 1 fully saturated rings. The van der Waals surface area contributed by atoms with Gasteiger partial charge < -0.3 is 15.3 Å². The van der Waals surface area contributed by atoms with Gasteiger partial charge in [-0.3, -0.25) is 23.9 Å². The van der Waals surface area contributed by atoms with E-state index >= 15 is 0 Å². The largest absolute Gasteiger partial charge is 0.384 e. The van der Waals surface area contributed by atoms with Crippen LogP contribution in [0.15, 0.2) is 87.8 Å². The molecule has 0 bridgehead atoms. The molecule has 0 unspecified atom stereocenters. The van der Waals surface area contributed by atoms with Crippen molar-refractivity contribution in [3.05, 3.63) is 133 Å². The number of halogens is 2. The summed E-state index contributed by atoms with van der Waals surface area (Å²) in [5, 5.41) is 13.5. The molecule has 1 saturated heterocycles.